The lowest BCUT2D eigenvalue weighted by Crippen LogP contribution is -2.43. The Morgan fingerprint density at radius 3 is 2.86 bits per heavy atom. The van der Waals surface area contributed by atoms with Gasteiger partial charge in [-0.15, -0.1) is 0 Å². The van der Waals surface area contributed by atoms with Gasteiger partial charge in [0.1, 0.15) is 0 Å². The number of hydrogen-bond donors (Lipinski definition) is 0. The fourth-order valence-electron chi connectivity index (χ4n) is 3.42. The first-order valence-corrected chi connectivity index (χ1v) is 7.91. The van der Waals surface area contributed by atoms with E-state index in [1.165, 1.54) is 6.42 Å². The predicted molar refractivity (Wildman–Crippen MR) is 83.8 cm³/mol. The molecule has 1 aromatic rings. The minimum Gasteiger partial charge on any atom is -0.376 e. The van der Waals surface area contributed by atoms with Gasteiger partial charge in [0.2, 0.25) is 5.91 Å². The van der Waals surface area contributed by atoms with Crippen LogP contribution in [-0.2, 0) is 9.53 Å². The number of nitrogens with zero attached hydrogens (tertiary/aromatic N) is 1. The third-order valence-electron chi connectivity index (χ3n) is 4.55. The zero-order chi connectivity index (χ0) is 14.7. The van der Waals surface area contributed by atoms with Gasteiger partial charge in [0.15, 0.2) is 0 Å². The molecule has 1 aromatic carbocycles. The van der Waals surface area contributed by atoms with Gasteiger partial charge in [0.25, 0.3) is 0 Å². The Balaban J connectivity index is 1.77. The molecule has 0 unspecified atom stereocenters. The summed E-state index contributed by atoms with van der Waals surface area (Å²) in [5.41, 5.74) is 2.14. The van der Waals surface area contributed by atoms with Crippen LogP contribution in [0.2, 0.25) is 0 Å². The standard InChI is InChI=1S/C18H23NO2/c1-14(15-7-3-2-4-8-15)13-18(20)19-11-6-12-21-17-10-5-9-16(17)19/h2-4,7-8,13,16-17H,5-6,9-12H2,1H3/b14-13-/t16-,17+/m0/s1. The van der Waals surface area contributed by atoms with Crippen molar-refractivity contribution in [2.45, 2.75) is 44.8 Å². The average molecular weight is 285 g/mol. The topological polar surface area (TPSA) is 29.5 Å². The van der Waals surface area contributed by atoms with Crippen LogP contribution in [0.15, 0.2) is 36.4 Å². The fraction of sp³-hybridized carbons (Fsp3) is 0.500. The van der Waals surface area contributed by atoms with Crippen molar-refractivity contribution in [1.82, 2.24) is 4.90 Å². The number of rotatable bonds is 2. The number of benzene rings is 1. The van der Waals surface area contributed by atoms with E-state index >= 15 is 0 Å². The molecule has 2 atom stereocenters. The van der Waals surface area contributed by atoms with Crippen molar-refractivity contribution >= 4 is 11.5 Å². The van der Waals surface area contributed by atoms with Crippen molar-refractivity contribution in [2.75, 3.05) is 13.2 Å². The molecule has 0 spiro atoms. The van der Waals surface area contributed by atoms with E-state index in [0.29, 0.717) is 0 Å². The lowest BCUT2D eigenvalue weighted by molar-refractivity contribution is -0.129. The number of carbonyl (C=O) groups excluding carboxylic acids is 1. The maximum Gasteiger partial charge on any atom is 0.247 e. The minimum atomic E-state index is 0.138. The average Bonchev–Trinajstić information content (AvgIpc) is 2.87. The Labute approximate surface area is 126 Å². The molecule has 1 aliphatic heterocycles. The maximum absolute atomic E-state index is 12.7. The highest BCUT2D eigenvalue weighted by atomic mass is 16.5. The van der Waals surface area contributed by atoms with Gasteiger partial charge in [0, 0.05) is 19.2 Å². The molecule has 1 saturated heterocycles. The Morgan fingerprint density at radius 1 is 1.24 bits per heavy atom. The molecule has 1 heterocycles. The largest absolute Gasteiger partial charge is 0.376 e. The van der Waals surface area contributed by atoms with Crippen LogP contribution in [0, 0.1) is 0 Å². The molecule has 2 fully saturated rings. The van der Waals surface area contributed by atoms with Gasteiger partial charge in [0.05, 0.1) is 12.1 Å². The highest BCUT2D eigenvalue weighted by Crippen LogP contribution is 2.29. The molecule has 1 saturated carbocycles. The molecular weight excluding hydrogens is 262 g/mol. The van der Waals surface area contributed by atoms with Crippen LogP contribution < -0.4 is 0 Å². The van der Waals surface area contributed by atoms with Crippen LogP contribution >= 0.6 is 0 Å². The number of amides is 1. The van der Waals surface area contributed by atoms with Gasteiger partial charge in [-0.1, -0.05) is 30.3 Å². The normalized spacial score (nSPS) is 26.3. The summed E-state index contributed by atoms with van der Waals surface area (Å²) >= 11 is 0. The highest BCUT2D eigenvalue weighted by Gasteiger charge is 2.36. The van der Waals surface area contributed by atoms with Crippen LogP contribution in [0.1, 0.15) is 38.2 Å². The Hall–Kier alpha value is -1.61. The zero-order valence-electron chi connectivity index (χ0n) is 12.6. The summed E-state index contributed by atoms with van der Waals surface area (Å²) in [6.07, 6.45) is 6.32. The Kier molecular flexibility index (Phi) is 4.39. The Morgan fingerprint density at radius 2 is 2.05 bits per heavy atom. The SMILES string of the molecule is C/C(=C/C(=O)N1CCCO[C@@H]2CCC[C@@H]21)c1ccccc1. The molecule has 112 valence electrons. The monoisotopic (exact) mass is 285 g/mol. The quantitative estimate of drug-likeness (QED) is 0.781. The zero-order valence-corrected chi connectivity index (χ0v) is 12.6. The van der Waals surface area contributed by atoms with Gasteiger partial charge in [-0.3, -0.25) is 4.79 Å². The van der Waals surface area contributed by atoms with Gasteiger partial charge in [-0.2, -0.15) is 0 Å². The molecule has 0 bridgehead atoms. The molecule has 2 aliphatic rings. The third kappa shape index (κ3) is 3.18. The van der Waals surface area contributed by atoms with E-state index in [2.05, 4.69) is 0 Å². The van der Waals surface area contributed by atoms with Gasteiger partial charge in [-0.05, 0) is 43.7 Å². The molecule has 1 aliphatic carbocycles. The van der Waals surface area contributed by atoms with Gasteiger partial charge < -0.3 is 9.64 Å². The molecule has 3 heteroatoms. The molecular formula is C18H23NO2. The number of hydrogen-bond acceptors (Lipinski definition) is 2. The Bertz CT molecular complexity index is 523. The van der Waals surface area contributed by atoms with E-state index in [9.17, 15) is 4.79 Å². The molecule has 0 aromatic heterocycles. The molecule has 21 heavy (non-hydrogen) atoms. The number of allylic oxidation sites excluding steroid dienone is 1. The van der Waals surface area contributed by atoms with Crippen molar-refractivity contribution < 1.29 is 9.53 Å². The molecule has 0 radical (unpaired) electrons. The van der Waals surface area contributed by atoms with E-state index in [1.54, 1.807) is 6.08 Å². The molecule has 0 N–H and O–H groups in total. The molecule has 3 nitrogen and oxygen atoms in total. The van der Waals surface area contributed by atoms with Crippen LogP contribution in [0.4, 0.5) is 0 Å². The summed E-state index contributed by atoms with van der Waals surface area (Å²) in [6.45, 7) is 3.61. The van der Waals surface area contributed by atoms with Crippen molar-refractivity contribution in [2.24, 2.45) is 0 Å². The third-order valence-corrected chi connectivity index (χ3v) is 4.55. The van der Waals surface area contributed by atoms with E-state index in [0.717, 1.165) is 43.6 Å². The highest BCUT2D eigenvalue weighted by molar-refractivity contribution is 5.95. The van der Waals surface area contributed by atoms with E-state index in [-0.39, 0.29) is 18.1 Å². The van der Waals surface area contributed by atoms with Crippen LogP contribution in [0.3, 0.4) is 0 Å². The van der Waals surface area contributed by atoms with Crippen molar-refractivity contribution in [3.63, 3.8) is 0 Å². The summed E-state index contributed by atoms with van der Waals surface area (Å²) < 4.78 is 5.88. The van der Waals surface area contributed by atoms with Crippen LogP contribution in [-0.4, -0.2) is 36.1 Å². The number of fused-ring (bicyclic) bond motifs is 1. The van der Waals surface area contributed by atoms with E-state index in [1.807, 2.05) is 42.2 Å². The first-order valence-electron chi connectivity index (χ1n) is 7.91. The molecule has 1 amide bonds. The van der Waals surface area contributed by atoms with Gasteiger partial charge in [-0.25, -0.2) is 0 Å². The van der Waals surface area contributed by atoms with Crippen molar-refractivity contribution in [3.8, 4) is 0 Å². The smallest absolute Gasteiger partial charge is 0.247 e. The summed E-state index contributed by atoms with van der Waals surface area (Å²) in [7, 11) is 0. The number of ether oxygens (including phenoxy) is 1. The first-order chi connectivity index (χ1) is 10.3. The second-order valence-corrected chi connectivity index (χ2v) is 5.99. The number of carbonyl (C=O) groups is 1. The summed E-state index contributed by atoms with van der Waals surface area (Å²) in [5.74, 6) is 0.138. The summed E-state index contributed by atoms with van der Waals surface area (Å²) in [4.78, 5) is 14.7. The van der Waals surface area contributed by atoms with Crippen molar-refractivity contribution in [3.05, 3.63) is 42.0 Å². The van der Waals surface area contributed by atoms with Crippen LogP contribution in [0.25, 0.3) is 5.57 Å². The van der Waals surface area contributed by atoms with E-state index < -0.39 is 0 Å². The van der Waals surface area contributed by atoms with Crippen LogP contribution in [0.5, 0.6) is 0 Å². The van der Waals surface area contributed by atoms with Crippen molar-refractivity contribution in [1.29, 1.82) is 0 Å². The maximum atomic E-state index is 12.7. The van der Waals surface area contributed by atoms with Gasteiger partial charge >= 0.3 is 0 Å². The fourth-order valence-corrected chi connectivity index (χ4v) is 3.42. The lowest BCUT2D eigenvalue weighted by Gasteiger charge is -2.29. The second-order valence-electron chi connectivity index (χ2n) is 5.99. The van der Waals surface area contributed by atoms with E-state index in [4.69, 9.17) is 4.74 Å². The summed E-state index contributed by atoms with van der Waals surface area (Å²) in [6, 6.07) is 10.4. The molecule has 3 rings (SSSR count). The second kappa shape index (κ2) is 6.44. The minimum absolute atomic E-state index is 0.138. The summed E-state index contributed by atoms with van der Waals surface area (Å²) in [5, 5.41) is 0. The predicted octanol–water partition coefficient (Wildman–Crippen LogP) is 3.26. The first kappa shape index (κ1) is 14.3. The lowest BCUT2D eigenvalue weighted by atomic mass is 10.1.